The molecule has 0 radical (unpaired) electrons. The zero-order valence-electron chi connectivity index (χ0n) is 11.4. The lowest BCUT2D eigenvalue weighted by Gasteiger charge is -2.02. The van der Waals surface area contributed by atoms with E-state index in [1.165, 1.54) is 18.2 Å². The molecule has 0 heterocycles. The van der Waals surface area contributed by atoms with Gasteiger partial charge in [-0.1, -0.05) is 6.07 Å². The van der Waals surface area contributed by atoms with Gasteiger partial charge in [-0.3, -0.25) is 14.9 Å². The van der Waals surface area contributed by atoms with Crippen LogP contribution in [0.25, 0.3) is 0 Å². The lowest BCUT2D eigenvalue weighted by molar-refractivity contribution is -0.386. The van der Waals surface area contributed by atoms with Gasteiger partial charge in [-0.2, -0.15) is 5.10 Å². The van der Waals surface area contributed by atoms with Crippen LogP contribution >= 0.6 is 0 Å². The molecule has 9 heteroatoms. The van der Waals surface area contributed by atoms with E-state index in [0.717, 1.165) is 24.4 Å². The number of hydrogen-bond donors (Lipinski definition) is 3. The molecule has 3 N–H and O–H groups in total. The maximum absolute atomic E-state index is 13.0. The van der Waals surface area contributed by atoms with Gasteiger partial charge in [-0.25, -0.2) is 9.82 Å². The van der Waals surface area contributed by atoms with Gasteiger partial charge in [0.15, 0.2) is 5.75 Å². The number of benzene rings is 2. The predicted octanol–water partition coefficient (Wildman–Crippen LogP) is 1.91. The Labute approximate surface area is 128 Å². The number of nitrogens with zero attached hydrogens (tertiary/aromatic N) is 2. The Morgan fingerprint density at radius 1 is 1.30 bits per heavy atom. The quantitative estimate of drug-likeness (QED) is 0.343. The van der Waals surface area contributed by atoms with Crippen molar-refractivity contribution in [1.29, 1.82) is 0 Å². The van der Waals surface area contributed by atoms with Crippen molar-refractivity contribution in [2.45, 2.75) is 0 Å². The number of aromatic hydroxyl groups is 2. The molecule has 2 rings (SSSR count). The number of rotatable bonds is 4. The second kappa shape index (κ2) is 6.52. The number of hydrogen-bond acceptors (Lipinski definition) is 6. The Bertz CT molecular complexity index is 807. The molecule has 0 atom stereocenters. The van der Waals surface area contributed by atoms with E-state index in [-0.39, 0.29) is 11.1 Å². The average molecular weight is 319 g/mol. The highest BCUT2D eigenvalue weighted by atomic mass is 19.1. The van der Waals surface area contributed by atoms with Crippen LogP contribution in [0.4, 0.5) is 10.1 Å². The second-order valence-electron chi connectivity index (χ2n) is 4.37. The molecule has 2 aromatic rings. The molecule has 0 aliphatic rings. The van der Waals surface area contributed by atoms with Gasteiger partial charge >= 0.3 is 5.69 Å². The van der Waals surface area contributed by atoms with Gasteiger partial charge in [0.25, 0.3) is 5.91 Å². The standard InChI is InChI=1S/C14H10FN3O5/c15-10-3-1-2-9(6-10)14(21)17-16-7-8-4-11(18(22)23)13(20)12(19)5-8/h1-7,19-20H,(H,17,21)/b16-7+. The molecular formula is C14H10FN3O5. The third kappa shape index (κ3) is 3.79. The van der Waals surface area contributed by atoms with Gasteiger partial charge in [0.2, 0.25) is 5.75 Å². The Hall–Kier alpha value is -3.49. The Morgan fingerprint density at radius 2 is 2.04 bits per heavy atom. The highest BCUT2D eigenvalue weighted by Gasteiger charge is 2.18. The van der Waals surface area contributed by atoms with Crippen LogP contribution in [0.15, 0.2) is 41.5 Å². The smallest absolute Gasteiger partial charge is 0.315 e. The number of phenols is 2. The van der Waals surface area contributed by atoms with Crippen LogP contribution in [0.5, 0.6) is 11.5 Å². The number of nitro groups is 1. The molecule has 0 spiro atoms. The number of nitro benzene ring substituents is 1. The minimum atomic E-state index is -0.877. The maximum Gasteiger partial charge on any atom is 0.315 e. The Kier molecular flexibility index (Phi) is 4.50. The van der Waals surface area contributed by atoms with E-state index in [0.29, 0.717) is 0 Å². The third-order valence-corrected chi connectivity index (χ3v) is 2.76. The number of carbonyl (C=O) groups excluding carboxylic acids is 1. The van der Waals surface area contributed by atoms with Crippen molar-refractivity contribution in [3.05, 3.63) is 63.5 Å². The summed E-state index contributed by atoms with van der Waals surface area (Å²) in [5.41, 5.74) is 1.52. The van der Waals surface area contributed by atoms with Crippen molar-refractivity contribution < 1.29 is 24.3 Å². The van der Waals surface area contributed by atoms with Crippen molar-refractivity contribution >= 4 is 17.8 Å². The first-order chi connectivity index (χ1) is 10.9. The van der Waals surface area contributed by atoms with Gasteiger partial charge in [0.1, 0.15) is 5.82 Å². The molecule has 0 saturated carbocycles. The van der Waals surface area contributed by atoms with E-state index in [1.807, 2.05) is 0 Å². The first-order valence-corrected chi connectivity index (χ1v) is 6.18. The molecule has 2 aromatic carbocycles. The Morgan fingerprint density at radius 3 is 2.70 bits per heavy atom. The van der Waals surface area contributed by atoms with Crippen molar-refractivity contribution in [3.8, 4) is 11.5 Å². The SMILES string of the molecule is O=C(N/N=C/c1cc(O)c(O)c([N+](=O)[O-])c1)c1cccc(F)c1. The summed E-state index contributed by atoms with van der Waals surface area (Å²) in [6.07, 6.45) is 1.03. The predicted molar refractivity (Wildman–Crippen MR) is 77.9 cm³/mol. The van der Waals surface area contributed by atoms with Crippen molar-refractivity contribution in [1.82, 2.24) is 5.43 Å². The summed E-state index contributed by atoms with van der Waals surface area (Å²) in [4.78, 5) is 21.5. The molecular weight excluding hydrogens is 309 g/mol. The summed E-state index contributed by atoms with van der Waals surface area (Å²) in [7, 11) is 0. The van der Waals surface area contributed by atoms with Gasteiger partial charge in [-0.05, 0) is 24.3 Å². The van der Waals surface area contributed by atoms with E-state index in [2.05, 4.69) is 10.5 Å². The summed E-state index contributed by atoms with van der Waals surface area (Å²) >= 11 is 0. The van der Waals surface area contributed by atoms with E-state index in [4.69, 9.17) is 0 Å². The lowest BCUT2D eigenvalue weighted by Crippen LogP contribution is -2.17. The van der Waals surface area contributed by atoms with Gasteiger partial charge < -0.3 is 10.2 Å². The Balaban J connectivity index is 2.15. The van der Waals surface area contributed by atoms with Crippen LogP contribution in [-0.4, -0.2) is 27.3 Å². The highest BCUT2D eigenvalue weighted by Crippen LogP contribution is 2.35. The minimum Gasteiger partial charge on any atom is -0.504 e. The number of amides is 1. The van der Waals surface area contributed by atoms with Gasteiger partial charge in [-0.15, -0.1) is 0 Å². The van der Waals surface area contributed by atoms with E-state index < -0.39 is 33.8 Å². The number of halogens is 1. The molecule has 0 aromatic heterocycles. The molecule has 0 bridgehead atoms. The van der Waals surface area contributed by atoms with Gasteiger partial charge in [0.05, 0.1) is 11.1 Å². The number of carbonyl (C=O) groups is 1. The average Bonchev–Trinajstić information content (AvgIpc) is 2.50. The molecule has 0 fully saturated rings. The number of phenolic OH excluding ortho intramolecular Hbond substituents is 2. The van der Waals surface area contributed by atoms with E-state index >= 15 is 0 Å². The third-order valence-electron chi connectivity index (χ3n) is 2.76. The normalized spacial score (nSPS) is 10.7. The van der Waals surface area contributed by atoms with Crippen LogP contribution in [-0.2, 0) is 0 Å². The fourth-order valence-electron chi connectivity index (χ4n) is 1.70. The molecule has 1 amide bonds. The maximum atomic E-state index is 13.0. The van der Waals surface area contributed by atoms with Gasteiger partial charge in [0, 0.05) is 17.2 Å². The first-order valence-electron chi connectivity index (χ1n) is 6.18. The fourth-order valence-corrected chi connectivity index (χ4v) is 1.70. The van der Waals surface area contributed by atoms with Crippen LogP contribution < -0.4 is 5.43 Å². The van der Waals surface area contributed by atoms with Crippen molar-refractivity contribution in [2.24, 2.45) is 5.10 Å². The summed E-state index contributed by atoms with van der Waals surface area (Å²) in [5, 5.41) is 33.0. The van der Waals surface area contributed by atoms with Crippen molar-refractivity contribution in [3.63, 3.8) is 0 Å². The number of hydrazone groups is 1. The molecule has 0 aliphatic carbocycles. The van der Waals surface area contributed by atoms with Crippen LogP contribution in [0, 0.1) is 15.9 Å². The molecule has 23 heavy (non-hydrogen) atoms. The molecule has 0 unspecified atom stereocenters. The summed E-state index contributed by atoms with van der Waals surface area (Å²) in [5.74, 6) is -2.83. The lowest BCUT2D eigenvalue weighted by atomic mass is 10.2. The van der Waals surface area contributed by atoms with Crippen molar-refractivity contribution in [2.75, 3.05) is 0 Å². The molecule has 8 nitrogen and oxygen atoms in total. The van der Waals surface area contributed by atoms with E-state index in [1.54, 1.807) is 0 Å². The van der Waals surface area contributed by atoms with Crippen LogP contribution in [0.1, 0.15) is 15.9 Å². The molecule has 118 valence electrons. The zero-order valence-corrected chi connectivity index (χ0v) is 11.4. The van der Waals surface area contributed by atoms with Crippen LogP contribution in [0.2, 0.25) is 0 Å². The van der Waals surface area contributed by atoms with E-state index in [9.17, 15) is 29.5 Å². The largest absolute Gasteiger partial charge is 0.504 e. The topological polar surface area (TPSA) is 125 Å². The fraction of sp³-hybridized carbons (Fsp3) is 0. The monoisotopic (exact) mass is 319 g/mol. The second-order valence-corrected chi connectivity index (χ2v) is 4.37. The van der Waals surface area contributed by atoms with Crippen LogP contribution in [0.3, 0.4) is 0 Å². The first kappa shape index (κ1) is 15.9. The molecule has 0 saturated heterocycles. The summed E-state index contributed by atoms with van der Waals surface area (Å²) < 4.78 is 13.0. The summed E-state index contributed by atoms with van der Waals surface area (Å²) in [6.45, 7) is 0. The zero-order chi connectivity index (χ0) is 17.0. The molecule has 0 aliphatic heterocycles. The summed E-state index contributed by atoms with van der Waals surface area (Å²) in [6, 6.07) is 6.92. The minimum absolute atomic E-state index is 0.0432. The highest BCUT2D eigenvalue weighted by molar-refractivity contribution is 5.95. The number of nitrogens with one attached hydrogen (secondary N) is 1.